The first-order valence-electron chi connectivity index (χ1n) is 3.70. The molecule has 1 aromatic rings. The van der Waals surface area contributed by atoms with E-state index in [1.165, 1.54) is 0 Å². The lowest BCUT2D eigenvalue weighted by Crippen LogP contribution is -1.73. The zero-order valence-corrected chi connectivity index (χ0v) is 7.90. The Kier molecular flexibility index (Phi) is 3.00. The smallest absolute Gasteiger partial charge is 0.116 e. The minimum atomic E-state index is 0.943. The molecule has 0 saturated carbocycles. The molecule has 0 aliphatic rings. The number of hydrogen-bond acceptors (Lipinski definition) is 2. The van der Waals surface area contributed by atoms with Gasteiger partial charge >= 0.3 is 0 Å². The summed E-state index contributed by atoms with van der Waals surface area (Å²) in [5.41, 5.74) is 0.979. The number of nitrogens with zero attached hydrogens (tertiary/aromatic N) is 1. The second-order valence-corrected chi connectivity index (χ2v) is 3.27. The molecule has 0 amide bonds. The Morgan fingerprint density at radius 3 is 2.58 bits per heavy atom. The first-order chi connectivity index (χ1) is 5.81. The molecule has 0 bridgehead atoms. The number of allylic oxidation sites excluding steroid dienone is 1. The molecule has 2 heteroatoms. The maximum atomic E-state index is 4.33. The third-order valence-electron chi connectivity index (χ3n) is 1.38. The highest BCUT2D eigenvalue weighted by molar-refractivity contribution is 7.13. The number of hydrogen-bond donors (Lipinski definition) is 0. The van der Waals surface area contributed by atoms with E-state index in [-0.39, 0.29) is 0 Å². The summed E-state index contributed by atoms with van der Waals surface area (Å²) in [6.07, 6.45) is 7.51. The summed E-state index contributed by atoms with van der Waals surface area (Å²) in [5.74, 6) is 0. The Morgan fingerprint density at radius 2 is 2.08 bits per heavy atom. The maximum absolute atomic E-state index is 4.33. The molecular formula is C10H11NS. The first-order valence-corrected chi connectivity index (χ1v) is 4.52. The fourth-order valence-corrected chi connectivity index (χ4v) is 1.63. The lowest BCUT2D eigenvalue weighted by atomic mass is 10.3. The van der Waals surface area contributed by atoms with Crippen LogP contribution in [-0.2, 0) is 0 Å². The van der Waals surface area contributed by atoms with Crippen molar-refractivity contribution in [3.63, 3.8) is 0 Å². The van der Waals surface area contributed by atoms with E-state index < -0.39 is 0 Å². The predicted molar refractivity (Wildman–Crippen MR) is 57.0 cm³/mol. The van der Waals surface area contributed by atoms with Crippen LogP contribution in [0.25, 0.3) is 18.2 Å². The minimum absolute atomic E-state index is 0.943. The summed E-state index contributed by atoms with van der Waals surface area (Å²) in [6, 6.07) is 0. The van der Waals surface area contributed by atoms with Crippen molar-refractivity contribution in [3.05, 3.63) is 34.8 Å². The Labute approximate surface area is 76.8 Å². The Balaban J connectivity index is 3.15. The van der Waals surface area contributed by atoms with Crippen LogP contribution >= 0.6 is 11.3 Å². The molecule has 0 atom stereocenters. The van der Waals surface area contributed by atoms with Crippen molar-refractivity contribution >= 4 is 29.6 Å². The average Bonchev–Trinajstić information content (AvgIpc) is 2.48. The number of aromatic nitrogens is 1. The molecule has 12 heavy (non-hydrogen) atoms. The van der Waals surface area contributed by atoms with Crippen molar-refractivity contribution < 1.29 is 0 Å². The van der Waals surface area contributed by atoms with Gasteiger partial charge in [-0.25, -0.2) is 4.98 Å². The van der Waals surface area contributed by atoms with Crippen LogP contribution in [0.4, 0.5) is 0 Å². The summed E-state index contributed by atoms with van der Waals surface area (Å²) in [7, 11) is 0. The Bertz CT molecular complexity index is 321. The molecule has 0 aliphatic heterocycles. The molecular weight excluding hydrogens is 166 g/mol. The summed E-state index contributed by atoms with van der Waals surface area (Å²) < 4.78 is 0. The highest BCUT2D eigenvalue weighted by Gasteiger charge is 2.01. The Hall–Kier alpha value is -1.15. The van der Waals surface area contributed by atoms with Crippen LogP contribution in [0, 0.1) is 0 Å². The van der Waals surface area contributed by atoms with Gasteiger partial charge in [0, 0.05) is 0 Å². The van der Waals surface area contributed by atoms with Crippen LogP contribution in [0.5, 0.6) is 0 Å². The maximum Gasteiger partial charge on any atom is 0.116 e. The molecule has 1 heterocycles. The van der Waals surface area contributed by atoms with E-state index in [1.54, 1.807) is 17.4 Å². The van der Waals surface area contributed by atoms with Crippen LogP contribution in [-0.4, -0.2) is 4.98 Å². The highest BCUT2D eigenvalue weighted by Crippen LogP contribution is 2.21. The highest BCUT2D eigenvalue weighted by atomic mass is 32.1. The third kappa shape index (κ3) is 1.71. The lowest BCUT2D eigenvalue weighted by molar-refractivity contribution is 1.35. The second-order valence-electron chi connectivity index (χ2n) is 2.21. The largest absolute Gasteiger partial charge is 0.237 e. The minimum Gasteiger partial charge on any atom is -0.237 e. The van der Waals surface area contributed by atoms with E-state index in [0.717, 1.165) is 15.6 Å². The molecule has 1 aromatic heterocycles. The van der Waals surface area contributed by atoms with Crippen molar-refractivity contribution in [3.8, 4) is 0 Å². The second kappa shape index (κ2) is 4.02. The molecule has 0 spiro atoms. The molecule has 0 aromatic carbocycles. The van der Waals surface area contributed by atoms with Gasteiger partial charge in [0.05, 0.1) is 10.6 Å². The van der Waals surface area contributed by atoms with Gasteiger partial charge in [-0.1, -0.05) is 19.2 Å². The molecule has 0 unspecified atom stereocenters. The summed E-state index contributed by atoms with van der Waals surface area (Å²) >= 11 is 1.60. The zero-order valence-electron chi connectivity index (χ0n) is 7.08. The van der Waals surface area contributed by atoms with Crippen LogP contribution < -0.4 is 0 Å². The average molecular weight is 177 g/mol. The van der Waals surface area contributed by atoms with Gasteiger partial charge in [0.15, 0.2) is 0 Å². The van der Waals surface area contributed by atoms with Crippen LogP contribution in [0.3, 0.4) is 0 Å². The number of thiazole rings is 1. The number of rotatable bonds is 3. The van der Waals surface area contributed by atoms with Crippen LogP contribution in [0.2, 0.25) is 0 Å². The van der Waals surface area contributed by atoms with Crippen LogP contribution in [0.15, 0.2) is 19.2 Å². The van der Waals surface area contributed by atoms with E-state index in [1.807, 2.05) is 25.2 Å². The van der Waals surface area contributed by atoms with Crippen molar-refractivity contribution in [2.75, 3.05) is 0 Å². The van der Waals surface area contributed by atoms with Gasteiger partial charge in [-0.3, -0.25) is 0 Å². The first kappa shape index (κ1) is 8.94. The fourth-order valence-electron chi connectivity index (χ4n) is 0.872. The summed E-state index contributed by atoms with van der Waals surface area (Å²) in [6.45, 7) is 9.37. The van der Waals surface area contributed by atoms with Gasteiger partial charge < -0.3 is 0 Å². The van der Waals surface area contributed by atoms with E-state index in [0.29, 0.717) is 0 Å². The van der Waals surface area contributed by atoms with Crippen molar-refractivity contribution in [1.82, 2.24) is 4.98 Å². The van der Waals surface area contributed by atoms with Gasteiger partial charge in [0.2, 0.25) is 0 Å². The van der Waals surface area contributed by atoms with Gasteiger partial charge in [0.25, 0.3) is 0 Å². The molecule has 0 aliphatic carbocycles. The van der Waals surface area contributed by atoms with Crippen LogP contribution in [0.1, 0.15) is 22.5 Å². The molecule has 1 rings (SSSR count). The molecule has 0 saturated heterocycles. The predicted octanol–water partition coefficient (Wildman–Crippen LogP) is 3.46. The molecule has 0 N–H and O–H groups in total. The van der Waals surface area contributed by atoms with Gasteiger partial charge in [-0.05, 0) is 25.2 Å². The van der Waals surface area contributed by atoms with Gasteiger partial charge in [0.1, 0.15) is 5.01 Å². The lowest BCUT2D eigenvalue weighted by Gasteiger charge is -1.84. The quantitative estimate of drug-likeness (QED) is 0.689. The summed E-state index contributed by atoms with van der Waals surface area (Å²) in [4.78, 5) is 5.43. The standard InChI is InChI=1S/C10H11NS/c1-4-7-8-9(5-2)12-10(6-3)11-8/h4-7H,2-3H2,1H3/b7-4-. The van der Waals surface area contributed by atoms with Crippen molar-refractivity contribution in [2.24, 2.45) is 0 Å². The van der Waals surface area contributed by atoms with E-state index in [2.05, 4.69) is 18.1 Å². The third-order valence-corrected chi connectivity index (χ3v) is 2.44. The van der Waals surface area contributed by atoms with E-state index >= 15 is 0 Å². The van der Waals surface area contributed by atoms with E-state index in [9.17, 15) is 0 Å². The topological polar surface area (TPSA) is 12.9 Å². The zero-order chi connectivity index (χ0) is 8.97. The monoisotopic (exact) mass is 177 g/mol. The molecule has 1 nitrogen and oxygen atoms in total. The van der Waals surface area contributed by atoms with E-state index in [4.69, 9.17) is 0 Å². The molecule has 0 fully saturated rings. The Morgan fingerprint density at radius 1 is 1.33 bits per heavy atom. The van der Waals surface area contributed by atoms with Gasteiger partial charge in [-0.2, -0.15) is 0 Å². The van der Waals surface area contributed by atoms with Gasteiger partial charge in [-0.15, -0.1) is 11.3 Å². The van der Waals surface area contributed by atoms with Crippen molar-refractivity contribution in [1.29, 1.82) is 0 Å². The normalized spacial score (nSPS) is 10.4. The fraction of sp³-hybridized carbons (Fsp3) is 0.100. The summed E-state index contributed by atoms with van der Waals surface area (Å²) in [5, 5.41) is 0.943. The molecule has 0 radical (unpaired) electrons. The van der Waals surface area contributed by atoms with Crippen molar-refractivity contribution in [2.45, 2.75) is 6.92 Å². The SMILES string of the molecule is C=Cc1nc(/C=C\C)c(C=C)s1. The molecule has 62 valence electrons.